The van der Waals surface area contributed by atoms with Gasteiger partial charge in [0.2, 0.25) is 6.79 Å². The van der Waals surface area contributed by atoms with Crippen molar-refractivity contribution in [3.8, 4) is 11.5 Å². The van der Waals surface area contributed by atoms with Crippen molar-refractivity contribution in [2.45, 2.75) is 26.3 Å². The first-order chi connectivity index (χ1) is 10.1. The minimum Gasteiger partial charge on any atom is -0.454 e. The molecule has 1 saturated heterocycles. The molecule has 5 heteroatoms. The fourth-order valence-corrected chi connectivity index (χ4v) is 3.53. The van der Waals surface area contributed by atoms with Gasteiger partial charge < -0.3 is 15.2 Å². The number of fused-ring (bicyclic) bond motifs is 1. The second-order valence-electron chi connectivity index (χ2n) is 6.23. The van der Waals surface area contributed by atoms with Gasteiger partial charge in [-0.05, 0) is 42.5 Å². The van der Waals surface area contributed by atoms with Crippen LogP contribution in [-0.2, 0) is 0 Å². The van der Waals surface area contributed by atoms with E-state index in [9.17, 15) is 0 Å². The number of rotatable bonds is 3. The molecule has 0 spiro atoms. The molecule has 1 fully saturated rings. The van der Waals surface area contributed by atoms with E-state index in [2.05, 4.69) is 18.7 Å². The van der Waals surface area contributed by atoms with Crippen LogP contribution in [0.4, 0.5) is 0 Å². The molecule has 116 valence electrons. The molecule has 2 aliphatic heterocycles. The molecule has 0 aromatic heterocycles. The third-order valence-corrected chi connectivity index (χ3v) is 5.14. The highest BCUT2D eigenvalue weighted by Crippen LogP contribution is 2.42. The molecule has 2 aliphatic rings. The summed E-state index contributed by atoms with van der Waals surface area (Å²) in [6.07, 6.45) is 1.22. The number of likely N-dealkylation sites (tertiary alicyclic amines) is 1. The number of hydrogen-bond acceptors (Lipinski definition) is 4. The maximum absolute atomic E-state index is 6.30. The Labute approximate surface area is 131 Å². The lowest BCUT2D eigenvalue weighted by Gasteiger charge is -2.40. The average molecular weight is 311 g/mol. The smallest absolute Gasteiger partial charge is 0.231 e. The van der Waals surface area contributed by atoms with Crippen LogP contribution in [0.1, 0.15) is 31.9 Å². The first-order valence-corrected chi connectivity index (χ1v) is 8.01. The Morgan fingerprint density at radius 2 is 2.14 bits per heavy atom. The van der Waals surface area contributed by atoms with Crippen molar-refractivity contribution < 1.29 is 9.47 Å². The number of piperidine rings is 1. The van der Waals surface area contributed by atoms with Crippen LogP contribution in [0.5, 0.6) is 11.5 Å². The van der Waals surface area contributed by atoms with E-state index in [4.69, 9.17) is 26.8 Å². The molecule has 0 bridgehead atoms. The van der Waals surface area contributed by atoms with Gasteiger partial charge in [0, 0.05) is 19.1 Å². The Balaban J connectivity index is 1.85. The first-order valence-electron chi connectivity index (χ1n) is 7.63. The zero-order valence-corrected chi connectivity index (χ0v) is 13.4. The maximum atomic E-state index is 6.30. The van der Waals surface area contributed by atoms with Gasteiger partial charge in [-0.3, -0.25) is 4.90 Å². The Kier molecular flexibility index (Phi) is 4.29. The van der Waals surface area contributed by atoms with Crippen LogP contribution in [0, 0.1) is 11.8 Å². The van der Waals surface area contributed by atoms with Crippen molar-refractivity contribution in [2.75, 3.05) is 26.4 Å². The quantitative estimate of drug-likeness (QED) is 0.932. The SMILES string of the molecule is CC1CCN(C(CN)c2cc(Cl)c3c(c2)OCO3)CC1C. The molecule has 0 radical (unpaired) electrons. The summed E-state index contributed by atoms with van der Waals surface area (Å²) in [7, 11) is 0. The molecule has 2 N–H and O–H groups in total. The highest BCUT2D eigenvalue weighted by molar-refractivity contribution is 6.32. The molecule has 3 atom stereocenters. The minimum absolute atomic E-state index is 0.187. The summed E-state index contributed by atoms with van der Waals surface area (Å²) in [5, 5.41) is 0.608. The normalized spacial score (nSPS) is 26.9. The Bertz CT molecular complexity index is 523. The summed E-state index contributed by atoms with van der Waals surface area (Å²) in [5.41, 5.74) is 7.17. The molecular weight excluding hydrogens is 288 g/mol. The Morgan fingerprint density at radius 1 is 1.33 bits per heavy atom. The summed E-state index contributed by atoms with van der Waals surface area (Å²) in [6, 6.07) is 4.18. The van der Waals surface area contributed by atoms with Crippen LogP contribution in [0.3, 0.4) is 0 Å². The predicted octanol–water partition coefficient (Wildman–Crippen LogP) is 3.05. The van der Waals surface area contributed by atoms with Gasteiger partial charge in [0.15, 0.2) is 11.5 Å². The van der Waals surface area contributed by atoms with Crippen LogP contribution in [-0.4, -0.2) is 31.3 Å². The van der Waals surface area contributed by atoms with Crippen LogP contribution in [0.2, 0.25) is 5.02 Å². The lowest BCUT2D eigenvalue weighted by Crippen LogP contribution is -2.43. The van der Waals surface area contributed by atoms with Crippen molar-refractivity contribution in [1.29, 1.82) is 0 Å². The number of nitrogens with zero attached hydrogens (tertiary/aromatic N) is 1. The lowest BCUT2D eigenvalue weighted by molar-refractivity contribution is 0.0982. The van der Waals surface area contributed by atoms with Gasteiger partial charge in [0.1, 0.15) is 0 Å². The first kappa shape index (κ1) is 14.9. The van der Waals surface area contributed by atoms with E-state index in [-0.39, 0.29) is 12.8 Å². The molecule has 0 saturated carbocycles. The van der Waals surface area contributed by atoms with E-state index in [1.165, 1.54) is 6.42 Å². The molecule has 3 unspecified atom stereocenters. The summed E-state index contributed by atoms with van der Waals surface area (Å²) in [6.45, 7) is 7.63. The van der Waals surface area contributed by atoms with E-state index in [1.54, 1.807) is 0 Å². The van der Waals surface area contributed by atoms with Crippen molar-refractivity contribution in [2.24, 2.45) is 17.6 Å². The maximum Gasteiger partial charge on any atom is 0.231 e. The molecule has 2 heterocycles. The van der Waals surface area contributed by atoms with Gasteiger partial charge in [-0.25, -0.2) is 0 Å². The second-order valence-corrected chi connectivity index (χ2v) is 6.63. The monoisotopic (exact) mass is 310 g/mol. The Morgan fingerprint density at radius 3 is 2.86 bits per heavy atom. The molecule has 21 heavy (non-hydrogen) atoms. The molecule has 0 amide bonds. The third-order valence-electron chi connectivity index (χ3n) is 4.86. The molecule has 0 aliphatic carbocycles. The summed E-state index contributed by atoms with van der Waals surface area (Å²) in [5.74, 6) is 2.85. The largest absolute Gasteiger partial charge is 0.454 e. The number of hydrogen-bond donors (Lipinski definition) is 1. The van der Waals surface area contributed by atoms with Gasteiger partial charge in [-0.1, -0.05) is 25.4 Å². The Hall–Kier alpha value is -0.970. The minimum atomic E-state index is 0.187. The highest BCUT2D eigenvalue weighted by atomic mass is 35.5. The van der Waals surface area contributed by atoms with Crippen LogP contribution < -0.4 is 15.2 Å². The van der Waals surface area contributed by atoms with E-state index in [1.807, 2.05) is 12.1 Å². The predicted molar refractivity (Wildman–Crippen MR) is 83.9 cm³/mol. The standard InChI is InChI=1S/C16H23ClN2O2/c1-10-3-4-19(8-11(10)2)14(7-18)12-5-13(17)16-15(6-12)20-9-21-16/h5-6,10-11,14H,3-4,7-9,18H2,1-2H3. The van der Waals surface area contributed by atoms with Gasteiger partial charge >= 0.3 is 0 Å². The van der Waals surface area contributed by atoms with Crippen molar-refractivity contribution in [1.82, 2.24) is 4.90 Å². The van der Waals surface area contributed by atoms with Gasteiger partial charge in [0.05, 0.1) is 5.02 Å². The van der Waals surface area contributed by atoms with Crippen LogP contribution in [0.15, 0.2) is 12.1 Å². The molecule has 4 nitrogen and oxygen atoms in total. The zero-order valence-electron chi connectivity index (χ0n) is 12.6. The molecule has 1 aromatic carbocycles. The molecular formula is C16H23ClN2O2. The lowest BCUT2D eigenvalue weighted by atomic mass is 9.87. The van der Waals surface area contributed by atoms with Crippen LogP contribution in [0.25, 0.3) is 0 Å². The number of ether oxygens (including phenoxy) is 2. The van der Waals surface area contributed by atoms with Crippen molar-refractivity contribution in [3.63, 3.8) is 0 Å². The summed E-state index contributed by atoms with van der Waals surface area (Å²) >= 11 is 6.30. The number of nitrogens with two attached hydrogens (primary N) is 1. The number of halogens is 1. The second kappa shape index (κ2) is 6.03. The molecule has 3 rings (SSSR count). The topological polar surface area (TPSA) is 47.7 Å². The fraction of sp³-hybridized carbons (Fsp3) is 0.625. The highest BCUT2D eigenvalue weighted by Gasteiger charge is 2.29. The van der Waals surface area contributed by atoms with Gasteiger partial charge in [-0.2, -0.15) is 0 Å². The zero-order chi connectivity index (χ0) is 15.0. The van der Waals surface area contributed by atoms with Gasteiger partial charge in [0.25, 0.3) is 0 Å². The molecule has 1 aromatic rings. The van der Waals surface area contributed by atoms with Crippen molar-refractivity contribution in [3.05, 3.63) is 22.7 Å². The van der Waals surface area contributed by atoms with E-state index in [0.29, 0.717) is 23.2 Å². The van der Waals surface area contributed by atoms with E-state index < -0.39 is 0 Å². The number of benzene rings is 1. The summed E-state index contributed by atoms with van der Waals surface area (Å²) < 4.78 is 10.8. The van der Waals surface area contributed by atoms with E-state index >= 15 is 0 Å². The van der Waals surface area contributed by atoms with Gasteiger partial charge in [-0.15, -0.1) is 0 Å². The fourth-order valence-electron chi connectivity index (χ4n) is 3.25. The average Bonchev–Trinajstić information content (AvgIpc) is 2.92. The summed E-state index contributed by atoms with van der Waals surface area (Å²) in [4.78, 5) is 2.47. The van der Waals surface area contributed by atoms with Crippen LogP contribution >= 0.6 is 11.6 Å². The third kappa shape index (κ3) is 2.85. The van der Waals surface area contributed by atoms with Crippen molar-refractivity contribution >= 4 is 11.6 Å². The van der Waals surface area contributed by atoms with E-state index in [0.717, 1.165) is 30.3 Å².